The van der Waals surface area contributed by atoms with Gasteiger partial charge in [0.2, 0.25) is 11.8 Å². The van der Waals surface area contributed by atoms with E-state index in [1.807, 2.05) is 0 Å². The summed E-state index contributed by atoms with van der Waals surface area (Å²) in [7, 11) is 0. The summed E-state index contributed by atoms with van der Waals surface area (Å²) in [6.07, 6.45) is 0.607. The largest absolute Gasteiger partial charge is 0.481 e. The molecule has 104 valence electrons. The third-order valence-electron chi connectivity index (χ3n) is 3.01. The molecule has 0 saturated carbocycles. The van der Waals surface area contributed by atoms with Crippen molar-refractivity contribution in [3.05, 3.63) is 0 Å². The summed E-state index contributed by atoms with van der Waals surface area (Å²) in [4.78, 5) is 33.3. The molecule has 3 atom stereocenters. The summed E-state index contributed by atoms with van der Waals surface area (Å²) in [5.74, 6) is -4.20. The quantitative estimate of drug-likeness (QED) is 0.364. The fourth-order valence-electron chi connectivity index (χ4n) is 1.76. The standard InChI is InChI=1S/C11H20N2O5/c1-3-7(11(16)17)5-8(9(12)14)4-6(2)10(15)13-18/h6-8,18H,3-5H2,1-2H3,(H2,12,14)(H,13,15)(H,16,17). The molecule has 0 aliphatic heterocycles. The maximum atomic E-state index is 11.3. The van der Waals surface area contributed by atoms with Crippen LogP contribution in [0.3, 0.4) is 0 Å². The van der Waals surface area contributed by atoms with Crippen molar-refractivity contribution >= 4 is 17.8 Å². The zero-order valence-corrected chi connectivity index (χ0v) is 10.5. The van der Waals surface area contributed by atoms with E-state index in [4.69, 9.17) is 16.0 Å². The number of amides is 2. The van der Waals surface area contributed by atoms with Crippen LogP contribution in [0.5, 0.6) is 0 Å². The van der Waals surface area contributed by atoms with Crippen LogP contribution in [0.15, 0.2) is 0 Å². The third kappa shape index (κ3) is 5.13. The second kappa shape index (κ2) is 7.65. The number of rotatable bonds is 8. The Hall–Kier alpha value is -1.63. The monoisotopic (exact) mass is 260 g/mol. The van der Waals surface area contributed by atoms with Crippen LogP contribution < -0.4 is 11.2 Å². The van der Waals surface area contributed by atoms with Crippen LogP contribution in [0.1, 0.15) is 33.1 Å². The predicted octanol–water partition coefficient (Wildman–Crippen LogP) is 0.120. The molecule has 5 N–H and O–H groups in total. The Balaban J connectivity index is 4.62. The second-order valence-electron chi connectivity index (χ2n) is 4.39. The Kier molecular flexibility index (Phi) is 6.96. The van der Waals surface area contributed by atoms with Crippen LogP contribution in [0, 0.1) is 17.8 Å². The van der Waals surface area contributed by atoms with Gasteiger partial charge in [0.05, 0.1) is 5.92 Å². The van der Waals surface area contributed by atoms with E-state index in [1.54, 1.807) is 6.92 Å². The molecule has 0 aromatic carbocycles. The number of carboxylic acid groups (broad SMARTS) is 1. The van der Waals surface area contributed by atoms with Gasteiger partial charge in [-0.2, -0.15) is 0 Å². The first-order chi connectivity index (χ1) is 8.33. The first-order valence-electron chi connectivity index (χ1n) is 5.79. The number of nitrogens with one attached hydrogen (secondary N) is 1. The molecule has 0 radical (unpaired) electrons. The van der Waals surface area contributed by atoms with E-state index in [9.17, 15) is 14.4 Å². The van der Waals surface area contributed by atoms with Gasteiger partial charge in [0.15, 0.2) is 0 Å². The minimum atomic E-state index is -0.983. The molecule has 0 bridgehead atoms. The molecule has 0 aliphatic rings. The molecular weight excluding hydrogens is 240 g/mol. The number of primary amides is 1. The molecule has 0 rings (SSSR count). The van der Waals surface area contributed by atoms with Crippen LogP contribution >= 0.6 is 0 Å². The number of carbonyl (C=O) groups excluding carboxylic acids is 2. The number of carbonyl (C=O) groups is 3. The molecule has 18 heavy (non-hydrogen) atoms. The average molecular weight is 260 g/mol. The smallest absolute Gasteiger partial charge is 0.306 e. The Morgan fingerprint density at radius 3 is 2.11 bits per heavy atom. The van der Waals surface area contributed by atoms with Gasteiger partial charge in [-0.05, 0) is 19.3 Å². The topological polar surface area (TPSA) is 130 Å². The van der Waals surface area contributed by atoms with Crippen LogP contribution in [0.25, 0.3) is 0 Å². The van der Waals surface area contributed by atoms with Gasteiger partial charge in [-0.15, -0.1) is 0 Å². The van der Waals surface area contributed by atoms with Gasteiger partial charge in [0.1, 0.15) is 0 Å². The highest BCUT2D eigenvalue weighted by Crippen LogP contribution is 2.22. The van der Waals surface area contributed by atoms with E-state index in [0.717, 1.165) is 0 Å². The second-order valence-corrected chi connectivity index (χ2v) is 4.39. The van der Waals surface area contributed by atoms with E-state index < -0.39 is 35.5 Å². The van der Waals surface area contributed by atoms with Crippen molar-refractivity contribution in [1.29, 1.82) is 0 Å². The fourth-order valence-corrected chi connectivity index (χ4v) is 1.76. The van der Waals surface area contributed by atoms with Crippen LogP contribution in [0.2, 0.25) is 0 Å². The van der Waals surface area contributed by atoms with Crippen molar-refractivity contribution in [2.24, 2.45) is 23.5 Å². The molecule has 7 nitrogen and oxygen atoms in total. The molecule has 3 unspecified atom stereocenters. The lowest BCUT2D eigenvalue weighted by Gasteiger charge is -2.20. The SMILES string of the molecule is CCC(CC(CC(C)C(=O)NO)C(N)=O)C(=O)O. The number of hydroxylamine groups is 1. The predicted molar refractivity (Wildman–Crippen MR) is 62.4 cm³/mol. The minimum absolute atomic E-state index is 0.101. The molecule has 7 heteroatoms. The summed E-state index contributed by atoms with van der Waals surface area (Å²) < 4.78 is 0. The van der Waals surface area contributed by atoms with Gasteiger partial charge in [-0.3, -0.25) is 19.6 Å². The van der Waals surface area contributed by atoms with E-state index in [-0.39, 0.29) is 12.8 Å². The minimum Gasteiger partial charge on any atom is -0.481 e. The van der Waals surface area contributed by atoms with Gasteiger partial charge in [-0.25, -0.2) is 5.48 Å². The van der Waals surface area contributed by atoms with Crippen LogP contribution in [0.4, 0.5) is 0 Å². The molecule has 0 fully saturated rings. The van der Waals surface area contributed by atoms with Crippen LogP contribution in [-0.4, -0.2) is 28.1 Å². The average Bonchev–Trinajstić information content (AvgIpc) is 2.31. The third-order valence-corrected chi connectivity index (χ3v) is 3.01. The van der Waals surface area contributed by atoms with E-state index in [2.05, 4.69) is 0 Å². The number of hydrogen-bond acceptors (Lipinski definition) is 4. The first-order valence-corrected chi connectivity index (χ1v) is 5.79. The summed E-state index contributed by atoms with van der Waals surface area (Å²) in [6.45, 7) is 3.24. The Morgan fingerprint density at radius 2 is 1.78 bits per heavy atom. The highest BCUT2D eigenvalue weighted by Gasteiger charge is 2.27. The molecular formula is C11H20N2O5. The molecule has 0 aromatic rings. The zero-order valence-electron chi connectivity index (χ0n) is 10.5. The number of nitrogens with two attached hydrogens (primary N) is 1. The lowest BCUT2D eigenvalue weighted by Crippen LogP contribution is -2.33. The lowest BCUT2D eigenvalue weighted by atomic mass is 9.86. The molecule has 0 aliphatic carbocycles. The van der Waals surface area contributed by atoms with E-state index in [0.29, 0.717) is 6.42 Å². The first kappa shape index (κ1) is 16.4. The highest BCUT2D eigenvalue weighted by atomic mass is 16.5. The summed E-state index contributed by atoms with van der Waals surface area (Å²) in [6, 6.07) is 0. The van der Waals surface area contributed by atoms with E-state index in [1.165, 1.54) is 12.4 Å². The maximum absolute atomic E-state index is 11.3. The number of aliphatic carboxylic acids is 1. The van der Waals surface area contributed by atoms with Crippen molar-refractivity contribution in [3.63, 3.8) is 0 Å². The summed E-state index contributed by atoms with van der Waals surface area (Å²) >= 11 is 0. The maximum Gasteiger partial charge on any atom is 0.306 e. The lowest BCUT2D eigenvalue weighted by molar-refractivity contribution is -0.142. The van der Waals surface area contributed by atoms with Gasteiger partial charge in [-0.1, -0.05) is 13.8 Å². The fraction of sp³-hybridized carbons (Fsp3) is 0.727. The van der Waals surface area contributed by atoms with Gasteiger partial charge in [0.25, 0.3) is 0 Å². The summed E-state index contributed by atoms with van der Waals surface area (Å²) in [5, 5.41) is 17.4. The number of carboxylic acids is 1. The van der Waals surface area contributed by atoms with Crippen molar-refractivity contribution < 1.29 is 24.7 Å². The molecule has 0 heterocycles. The van der Waals surface area contributed by atoms with Gasteiger partial charge >= 0.3 is 5.97 Å². The van der Waals surface area contributed by atoms with Crippen molar-refractivity contribution in [2.45, 2.75) is 33.1 Å². The number of hydrogen-bond donors (Lipinski definition) is 4. The normalized spacial score (nSPS) is 15.5. The summed E-state index contributed by atoms with van der Waals surface area (Å²) in [5.41, 5.74) is 6.70. The van der Waals surface area contributed by atoms with Crippen molar-refractivity contribution in [1.82, 2.24) is 5.48 Å². The van der Waals surface area contributed by atoms with Gasteiger partial charge < -0.3 is 10.8 Å². The molecule has 0 spiro atoms. The Labute approximate surface area is 105 Å². The van der Waals surface area contributed by atoms with Crippen molar-refractivity contribution in [2.75, 3.05) is 0 Å². The van der Waals surface area contributed by atoms with Gasteiger partial charge in [0, 0.05) is 11.8 Å². The Bertz CT molecular complexity index is 319. The zero-order chi connectivity index (χ0) is 14.3. The molecule has 2 amide bonds. The molecule has 0 aromatic heterocycles. The molecule has 0 saturated heterocycles. The van der Waals surface area contributed by atoms with Crippen molar-refractivity contribution in [3.8, 4) is 0 Å². The highest BCUT2D eigenvalue weighted by molar-refractivity contribution is 5.81. The van der Waals surface area contributed by atoms with E-state index >= 15 is 0 Å². The van der Waals surface area contributed by atoms with Crippen LogP contribution in [-0.2, 0) is 14.4 Å². The Morgan fingerprint density at radius 1 is 1.22 bits per heavy atom.